The number of nitrogens with one attached hydrogen (secondary N) is 3. The van der Waals surface area contributed by atoms with Gasteiger partial charge in [-0.25, -0.2) is 4.98 Å². The van der Waals surface area contributed by atoms with Crippen LogP contribution in [0.4, 0.5) is 35.9 Å². The van der Waals surface area contributed by atoms with E-state index in [1.54, 1.807) is 49.1 Å². The van der Waals surface area contributed by atoms with E-state index in [4.69, 9.17) is 17.0 Å². The Balaban J connectivity index is 1.05. The molecule has 3 N–H and O–H groups in total. The summed E-state index contributed by atoms with van der Waals surface area (Å²) in [5.74, 6) is -0.714. The first-order valence-corrected chi connectivity index (χ1v) is 20.1. The van der Waals surface area contributed by atoms with Gasteiger partial charge in [0.2, 0.25) is 17.7 Å². The van der Waals surface area contributed by atoms with E-state index in [9.17, 15) is 37.6 Å². The topological polar surface area (TPSA) is 163 Å². The lowest BCUT2D eigenvalue weighted by atomic mass is 9.98. The SMILES string of the molecule is CC(C)c1cc(N2C(=S)N(c3cnc(C#N)c(C(F)(F)F)c3)C(=O)C2(C)C)ccc1OCCN1C[C@@H](C)N(CC(=O)Nc2cccc(NC3CCC(=O)NC3=O)c2)C[C@H]1C. The van der Waals surface area contributed by atoms with Crippen molar-refractivity contribution in [2.24, 2.45) is 0 Å². The molecular weight excluding hydrogens is 800 g/mol. The van der Waals surface area contributed by atoms with E-state index in [1.165, 1.54) is 6.07 Å². The molecule has 4 heterocycles. The lowest BCUT2D eigenvalue weighted by Crippen LogP contribution is -2.58. The van der Waals surface area contributed by atoms with Gasteiger partial charge in [0.1, 0.15) is 30.0 Å². The summed E-state index contributed by atoms with van der Waals surface area (Å²) in [5.41, 5.74) is -0.842. The third-order valence-electron chi connectivity index (χ3n) is 11.0. The van der Waals surface area contributed by atoms with Crippen LogP contribution < -0.4 is 30.5 Å². The molecule has 3 saturated heterocycles. The first-order valence-electron chi connectivity index (χ1n) is 19.7. The summed E-state index contributed by atoms with van der Waals surface area (Å²) in [6.45, 7) is 14.1. The Morgan fingerprint density at radius 1 is 1.05 bits per heavy atom. The number of hydrogen-bond acceptors (Lipinski definition) is 11. The minimum atomic E-state index is -4.86. The van der Waals surface area contributed by atoms with Crippen LogP contribution >= 0.6 is 12.2 Å². The number of aromatic nitrogens is 1. The van der Waals surface area contributed by atoms with E-state index in [0.29, 0.717) is 55.5 Å². The fourth-order valence-corrected chi connectivity index (χ4v) is 8.30. The Morgan fingerprint density at radius 3 is 2.43 bits per heavy atom. The molecule has 60 heavy (non-hydrogen) atoms. The van der Waals surface area contributed by atoms with Gasteiger partial charge in [0, 0.05) is 55.2 Å². The number of anilines is 4. The zero-order valence-electron chi connectivity index (χ0n) is 34.2. The van der Waals surface area contributed by atoms with Crippen molar-refractivity contribution in [3.8, 4) is 11.8 Å². The number of nitrogens with zero attached hydrogens (tertiary/aromatic N) is 6. The summed E-state index contributed by atoms with van der Waals surface area (Å²) < 4.78 is 47.7. The van der Waals surface area contributed by atoms with Gasteiger partial charge in [-0.15, -0.1) is 0 Å². The fraction of sp³-hybridized carbons (Fsp3) is 0.452. The fourth-order valence-electron chi connectivity index (χ4n) is 7.77. The lowest BCUT2D eigenvalue weighted by molar-refractivity contribution is -0.138. The Kier molecular flexibility index (Phi) is 12.8. The molecule has 3 aromatic rings. The molecule has 318 valence electrons. The van der Waals surface area contributed by atoms with Crippen LogP contribution in [0.25, 0.3) is 0 Å². The molecule has 2 aromatic carbocycles. The second-order valence-electron chi connectivity index (χ2n) is 16.1. The Hall–Kier alpha value is -5.64. The molecule has 4 amide bonds. The Labute approximate surface area is 352 Å². The van der Waals surface area contributed by atoms with Gasteiger partial charge in [-0.3, -0.25) is 39.2 Å². The summed E-state index contributed by atoms with van der Waals surface area (Å²) in [7, 11) is 0. The van der Waals surface area contributed by atoms with Gasteiger partial charge >= 0.3 is 6.18 Å². The van der Waals surface area contributed by atoms with Crippen molar-refractivity contribution >= 4 is 63.7 Å². The molecule has 14 nitrogen and oxygen atoms in total. The van der Waals surface area contributed by atoms with Crippen molar-refractivity contribution in [2.45, 2.75) is 90.1 Å². The molecule has 1 aromatic heterocycles. The molecular formula is C42H48F3N9O5S. The predicted molar refractivity (Wildman–Crippen MR) is 224 cm³/mol. The van der Waals surface area contributed by atoms with Crippen molar-refractivity contribution in [1.82, 2.24) is 20.1 Å². The first kappa shape index (κ1) is 43.9. The molecule has 3 aliphatic heterocycles. The van der Waals surface area contributed by atoms with Crippen LogP contribution in [0.2, 0.25) is 0 Å². The van der Waals surface area contributed by atoms with Gasteiger partial charge in [-0.2, -0.15) is 18.4 Å². The Bertz CT molecular complexity index is 2230. The molecule has 1 unspecified atom stereocenters. The molecule has 6 rings (SSSR count). The van der Waals surface area contributed by atoms with Gasteiger partial charge in [-0.05, 0) is 100 Å². The third-order valence-corrected chi connectivity index (χ3v) is 11.4. The van der Waals surface area contributed by atoms with E-state index in [-0.39, 0.29) is 59.5 Å². The van der Waals surface area contributed by atoms with Gasteiger partial charge in [0.05, 0.1) is 24.0 Å². The molecule has 3 fully saturated rings. The quantitative estimate of drug-likeness (QED) is 0.152. The van der Waals surface area contributed by atoms with Gasteiger partial charge in [0.25, 0.3) is 5.91 Å². The minimum absolute atomic E-state index is 0.000763. The summed E-state index contributed by atoms with van der Waals surface area (Å²) in [4.78, 5) is 61.3. The van der Waals surface area contributed by atoms with Crippen LogP contribution in [0.1, 0.15) is 77.1 Å². The maximum atomic E-state index is 13.8. The van der Waals surface area contributed by atoms with Crippen LogP contribution in [0.3, 0.4) is 0 Å². The van der Waals surface area contributed by atoms with E-state index in [1.807, 2.05) is 26.0 Å². The maximum Gasteiger partial charge on any atom is 0.419 e. The van der Waals surface area contributed by atoms with E-state index < -0.39 is 34.9 Å². The number of imide groups is 1. The van der Waals surface area contributed by atoms with Gasteiger partial charge in [-0.1, -0.05) is 19.9 Å². The normalized spacial score (nSPS) is 21.2. The summed E-state index contributed by atoms with van der Waals surface area (Å²) >= 11 is 5.72. The number of carbonyl (C=O) groups excluding carboxylic acids is 4. The monoisotopic (exact) mass is 847 g/mol. The number of hydrogen-bond donors (Lipinski definition) is 3. The number of ether oxygens (including phenoxy) is 1. The number of alkyl halides is 3. The highest BCUT2D eigenvalue weighted by Gasteiger charge is 2.51. The highest BCUT2D eigenvalue weighted by molar-refractivity contribution is 7.81. The molecule has 3 aliphatic rings. The van der Waals surface area contributed by atoms with Crippen LogP contribution in [-0.2, 0) is 25.4 Å². The minimum Gasteiger partial charge on any atom is -0.492 e. The second-order valence-corrected chi connectivity index (χ2v) is 16.5. The predicted octanol–water partition coefficient (Wildman–Crippen LogP) is 5.64. The van der Waals surface area contributed by atoms with Crippen LogP contribution in [-0.4, -0.2) is 100.0 Å². The molecule has 3 atom stereocenters. The lowest BCUT2D eigenvalue weighted by Gasteiger charge is -2.43. The van der Waals surface area contributed by atoms with E-state index >= 15 is 0 Å². The number of rotatable bonds is 12. The number of thiocarbonyl (C=S) groups is 1. The molecule has 0 saturated carbocycles. The highest BCUT2D eigenvalue weighted by atomic mass is 32.1. The molecule has 0 aliphatic carbocycles. The number of pyridine rings is 1. The summed E-state index contributed by atoms with van der Waals surface area (Å²) in [6.07, 6.45) is -3.17. The maximum absolute atomic E-state index is 13.8. The van der Waals surface area contributed by atoms with Crippen LogP contribution in [0, 0.1) is 11.3 Å². The smallest absolute Gasteiger partial charge is 0.419 e. The summed E-state index contributed by atoms with van der Waals surface area (Å²) in [6, 6.07) is 14.4. The molecule has 0 radical (unpaired) electrons. The highest BCUT2D eigenvalue weighted by Crippen LogP contribution is 2.41. The third kappa shape index (κ3) is 9.38. The number of halogens is 3. The van der Waals surface area contributed by atoms with Gasteiger partial charge in [0.15, 0.2) is 10.8 Å². The Morgan fingerprint density at radius 2 is 1.75 bits per heavy atom. The van der Waals surface area contributed by atoms with E-state index in [0.717, 1.165) is 22.7 Å². The van der Waals surface area contributed by atoms with Gasteiger partial charge < -0.3 is 20.3 Å². The number of carbonyl (C=O) groups is 4. The molecule has 18 heteroatoms. The largest absolute Gasteiger partial charge is 0.492 e. The van der Waals surface area contributed by atoms with Crippen molar-refractivity contribution in [2.75, 3.05) is 53.2 Å². The number of nitriles is 1. The average molecular weight is 848 g/mol. The number of amides is 4. The molecule has 0 spiro atoms. The number of piperazine rings is 1. The standard InChI is InChI=1S/C42H48F3N9O5S/c1-24(2)31-17-29(54-40(60)53(39(58)41(54,5)6)30-18-32(42(43,44)45)34(19-46)47-20-30)10-12-35(31)59-15-14-51-21-26(4)52(22-25(51)3)23-37(56)49-28-9-7-8-27(16-28)48-33-11-13-36(55)50-38(33)57/h7-10,12,16-18,20,24-26,33,48H,11,13-15,21-23H2,1-6H3,(H,49,56)(H,50,55,57)/t25-,26-,33?/m1/s1. The van der Waals surface area contributed by atoms with Crippen molar-refractivity contribution in [3.05, 3.63) is 71.5 Å². The number of piperidine rings is 1. The van der Waals surface area contributed by atoms with Crippen LogP contribution in [0.15, 0.2) is 54.7 Å². The zero-order chi connectivity index (χ0) is 43.7. The average Bonchev–Trinajstić information content (AvgIpc) is 3.35. The van der Waals surface area contributed by atoms with E-state index in [2.05, 4.69) is 44.6 Å². The zero-order valence-corrected chi connectivity index (χ0v) is 35.0. The van der Waals surface area contributed by atoms with Crippen molar-refractivity contribution in [1.29, 1.82) is 5.26 Å². The summed E-state index contributed by atoms with van der Waals surface area (Å²) in [5, 5.41) is 17.6. The second kappa shape index (κ2) is 17.5. The van der Waals surface area contributed by atoms with Crippen LogP contribution in [0.5, 0.6) is 5.75 Å². The molecule has 0 bridgehead atoms. The number of benzene rings is 2. The van der Waals surface area contributed by atoms with Crippen molar-refractivity contribution in [3.63, 3.8) is 0 Å². The first-order chi connectivity index (χ1) is 28.3. The van der Waals surface area contributed by atoms with Crippen molar-refractivity contribution < 1.29 is 37.1 Å².